The molecule has 3 aromatic carbocycles. The van der Waals surface area contributed by atoms with Crippen LogP contribution in [0.3, 0.4) is 0 Å². The van der Waals surface area contributed by atoms with E-state index in [4.69, 9.17) is 4.74 Å². The van der Waals surface area contributed by atoms with Crippen molar-refractivity contribution in [2.75, 3.05) is 5.43 Å². The second kappa shape index (κ2) is 9.50. The van der Waals surface area contributed by atoms with Crippen molar-refractivity contribution in [2.45, 2.75) is 6.61 Å². The summed E-state index contributed by atoms with van der Waals surface area (Å²) in [7, 11) is 0. The number of carbonyl (C=O) groups excluding carboxylic acids is 1. The van der Waals surface area contributed by atoms with E-state index in [0.717, 1.165) is 32.8 Å². The molecule has 0 atom stereocenters. The molecule has 0 saturated heterocycles. The Hall–Kier alpha value is -4.23. The molecule has 0 unspecified atom stereocenters. The monoisotopic (exact) mass is 452 g/mol. The van der Waals surface area contributed by atoms with Gasteiger partial charge in [0.25, 0.3) is 5.91 Å². The lowest BCUT2D eigenvalue weighted by Crippen LogP contribution is -2.29. The Kier molecular flexibility index (Phi) is 5.95. The number of nitrogens with zero attached hydrogens (tertiary/aromatic N) is 2. The quantitative estimate of drug-likeness (QED) is 0.310. The molecule has 0 spiro atoms. The van der Waals surface area contributed by atoms with Crippen LogP contribution >= 0.6 is 11.3 Å². The molecule has 162 valence electrons. The summed E-state index contributed by atoms with van der Waals surface area (Å²) in [6.07, 6.45) is 1.68. The van der Waals surface area contributed by atoms with Crippen LogP contribution in [0.25, 0.3) is 21.5 Å². The molecule has 0 aliphatic heterocycles. The van der Waals surface area contributed by atoms with Crippen LogP contribution in [0.1, 0.15) is 16.1 Å². The number of fused-ring (bicyclic) bond motifs is 1. The third-order valence-corrected chi connectivity index (χ3v) is 5.88. The number of carbonyl (C=O) groups is 1. The molecule has 5 rings (SSSR count). The van der Waals surface area contributed by atoms with Gasteiger partial charge in [0.1, 0.15) is 23.1 Å². The van der Waals surface area contributed by atoms with Gasteiger partial charge in [-0.1, -0.05) is 60.7 Å². The highest BCUT2D eigenvalue weighted by molar-refractivity contribution is 7.13. The molecule has 2 aromatic heterocycles. The van der Waals surface area contributed by atoms with Crippen LogP contribution in [0, 0.1) is 0 Å². The Labute approximate surface area is 194 Å². The van der Waals surface area contributed by atoms with E-state index >= 15 is 0 Å². The second-order valence-electron chi connectivity index (χ2n) is 7.30. The Morgan fingerprint density at radius 3 is 2.64 bits per heavy atom. The summed E-state index contributed by atoms with van der Waals surface area (Å²) in [4.78, 5) is 21.6. The number of para-hydroxylation sites is 2. The van der Waals surface area contributed by atoms with Gasteiger partial charge >= 0.3 is 0 Å². The number of amides is 1. The number of anilines is 1. The highest BCUT2D eigenvalue weighted by Crippen LogP contribution is 2.32. The smallest absolute Gasteiger partial charge is 0.289 e. The molecular formula is C26H20N4O2S. The van der Waals surface area contributed by atoms with E-state index in [-0.39, 0.29) is 5.91 Å². The molecule has 6 nitrogen and oxygen atoms in total. The molecule has 0 aliphatic rings. The maximum absolute atomic E-state index is 12.6. The van der Waals surface area contributed by atoms with Crippen molar-refractivity contribution in [3.8, 4) is 16.3 Å². The minimum Gasteiger partial charge on any atom is -0.488 e. The van der Waals surface area contributed by atoms with Crippen LogP contribution in [0.2, 0.25) is 0 Å². The molecule has 5 aromatic rings. The fourth-order valence-electron chi connectivity index (χ4n) is 3.34. The lowest BCUT2D eigenvalue weighted by molar-refractivity contribution is 0.0958. The van der Waals surface area contributed by atoms with Gasteiger partial charge in [-0.25, -0.2) is 4.98 Å². The highest BCUT2D eigenvalue weighted by Gasteiger charge is 2.15. The van der Waals surface area contributed by atoms with Gasteiger partial charge < -0.3 is 4.74 Å². The summed E-state index contributed by atoms with van der Waals surface area (Å²) in [5, 5.41) is 3.44. The first-order chi connectivity index (χ1) is 16.3. The average Bonchev–Trinajstić information content (AvgIpc) is 3.37. The third-order valence-electron chi connectivity index (χ3n) is 5.00. The maximum atomic E-state index is 12.6. The van der Waals surface area contributed by atoms with Crippen LogP contribution in [-0.4, -0.2) is 15.9 Å². The van der Waals surface area contributed by atoms with Crippen LogP contribution in [0.4, 0.5) is 5.69 Å². The third kappa shape index (κ3) is 4.83. The van der Waals surface area contributed by atoms with Gasteiger partial charge in [0, 0.05) is 10.8 Å². The Morgan fingerprint density at radius 1 is 0.939 bits per heavy atom. The standard InChI is InChI=1S/C26H20N4O2S/c31-25(30-29-20-14-19-10-4-6-12-22(19)27-15-20)23-17-33-26(28-23)21-11-5-7-13-24(21)32-16-18-8-2-1-3-9-18/h1-15,17,29H,16H2,(H,30,31). The van der Waals surface area contributed by atoms with Gasteiger partial charge in [0.05, 0.1) is 23.0 Å². The molecule has 1 amide bonds. The number of thiazole rings is 1. The number of ether oxygens (including phenoxy) is 1. The van der Waals surface area contributed by atoms with Gasteiger partial charge in [0.15, 0.2) is 0 Å². The van der Waals surface area contributed by atoms with Crippen LogP contribution in [0.5, 0.6) is 5.75 Å². The van der Waals surface area contributed by atoms with Crippen molar-refractivity contribution in [3.05, 3.63) is 108 Å². The van der Waals surface area contributed by atoms with Crippen molar-refractivity contribution in [3.63, 3.8) is 0 Å². The van der Waals surface area contributed by atoms with Crippen LogP contribution in [-0.2, 0) is 6.61 Å². The molecule has 0 aliphatic carbocycles. The van der Waals surface area contributed by atoms with E-state index in [1.807, 2.05) is 84.9 Å². The predicted octanol–water partition coefficient (Wildman–Crippen LogP) is 5.69. The molecular weight excluding hydrogens is 432 g/mol. The summed E-state index contributed by atoms with van der Waals surface area (Å²) in [6, 6.07) is 27.4. The van der Waals surface area contributed by atoms with Gasteiger partial charge in [-0.3, -0.25) is 20.6 Å². The molecule has 33 heavy (non-hydrogen) atoms. The van der Waals surface area contributed by atoms with Crippen LogP contribution in [0.15, 0.2) is 96.5 Å². The zero-order chi connectivity index (χ0) is 22.5. The number of benzene rings is 3. The fraction of sp³-hybridized carbons (Fsp3) is 0.0385. The largest absolute Gasteiger partial charge is 0.488 e. The minimum atomic E-state index is -0.326. The normalized spacial score (nSPS) is 10.7. The van der Waals surface area contributed by atoms with Crippen molar-refractivity contribution in [1.29, 1.82) is 0 Å². The number of aromatic nitrogens is 2. The van der Waals surface area contributed by atoms with Crippen LogP contribution < -0.4 is 15.6 Å². The van der Waals surface area contributed by atoms with E-state index in [2.05, 4.69) is 20.8 Å². The van der Waals surface area contributed by atoms with Crippen molar-refractivity contribution >= 4 is 33.8 Å². The molecule has 0 bridgehead atoms. The van der Waals surface area contributed by atoms with Crippen molar-refractivity contribution in [1.82, 2.24) is 15.4 Å². The zero-order valence-electron chi connectivity index (χ0n) is 17.6. The summed E-state index contributed by atoms with van der Waals surface area (Å²) in [5.74, 6) is 0.399. The SMILES string of the molecule is O=C(NNc1cnc2ccccc2c1)c1csc(-c2ccccc2OCc2ccccc2)n1. The number of pyridine rings is 1. The van der Waals surface area contributed by atoms with Gasteiger partial charge in [-0.15, -0.1) is 11.3 Å². The number of nitrogens with one attached hydrogen (secondary N) is 2. The Balaban J connectivity index is 1.27. The first-order valence-corrected chi connectivity index (χ1v) is 11.3. The van der Waals surface area contributed by atoms with Gasteiger partial charge in [0.2, 0.25) is 0 Å². The van der Waals surface area contributed by atoms with Crippen molar-refractivity contribution < 1.29 is 9.53 Å². The van der Waals surface area contributed by atoms with Crippen molar-refractivity contribution in [2.24, 2.45) is 0 Å². The highest BCUT2D eigenvalue weighted by atomic mass is 32.1. The summed E-state index contributed by atoms with van der Waals surface area (Å²) < 4.78 is 6.03. The summed E-state index contributed by atoms with van der Waals surface area (Å²) >= 11 is 1.40. The first kappa shape index (κ1) is 20.7. The molecule has 0 saturated carbocycles. The lowest BCUT2D eigenvalue weighted by atomic mass is 10.2. The average molecular weight is 453 g/mol. The summed E-state index contributed by atoms with van der Waals surface area (Å²) in [5.41, 5.74) is 9.45. The Morgan fingerprint density at radius 2 is 1.73 bits per heavy atom. The number of hydrogen-bond donors (Lipinski definition) is 2. The predicted molar refractivity (Wildman–Crippen MR) is 131 cm³/mol. The number of hydrogen-bond acceptors (Lipinski definition) is 6. The van der Waals surface area contributed by atoms with Gasteiger partial charge in [-0.05, 0) is 29.8 Å². The van der Waals surface area contributed by atoms with E-state index in [1.54, 1.807) is 11.6 Å². The topological polar surface area (TPSA) is 76.1 Å². The van der Waals surface area contributed by atoms with Gasteiger partial charge in [-0.2, -0.15) is 0 Å². The zero-order valence-corrected chi connectivity index (χ0v) is 18.4. The first-order valence-electron chi connectivity index (χ1n) is 10.4. The molecule has 2 heterocycles. The minimum absolute atomic E-state index is 0.326. The summed E-state index contributed by atoms with van der Waals surface area (Å²) in [6.45, 7) is 0.459. The molecule has 7 heteroatoms. The van der Waals surface area contributed by atoms with E-state index < -0.39 is 0 Å². The fourth-order valence-corrected chi connectivity index (χ4v) is 4.17. The molecule has 0 radical (unpaired) electrons. The lowest BCUT2D eigenvalue weighted by Gasteiger charge is -2.10. The second-order valence-corrected chi connectivity index (χ2v) is 8.16. The van der Waals surface area contributed by atoms with E-state index in [0.29, 0.717) is 18.0 Å². The van der Waals surface area contributed by atoms with E-state index in [9.17, 15) is 4.79 Å². The molecule has 0 fully saturated rings. The maximum Gasteiger partial charge on any atom is 0.289 e. The van der Waals surface area contributed by atoms with E-state index in [1.165, 1.54) is 11.3 Å². The Bertz CT molecular complexity index is 1400. The molecule has 2 N–H and O–H groups in total. The number of hydrazine groups is 1. The number of rotatable bonds is 7.